The summed E-state index contributed by atoms with van der Waals surface area (Å²) in [7, 11) is 1.32. The van der Waals surface area contributed by atoms with Crippen LogP contribution in [0.25, 0.3) is 0 Å². The van der Waals surface area contributed by atoms with E-state index in [4.69, 9.17) is 14.2 Å². The molecule has 41 heavy (non-hydrogen) atoms. The molecule has 220 valence electrons. The maximum Gasteiger partial charge on any atom is 0.227 e. The van der Waals surface area contributed by atoms with Gasteiger partial charge in [-0.2, -0.15) is 0 Å². The lowest BCUT2D eigenvalue weighted by molar-refractivity contribution is -0.117. The second-order valence-electron chi connectivity index (χ2n) is 11.8. The largest absolute Gasteiger partial charge is 0.497 e. The van der Waals surface area contributed by atoms with Gasteiger partial charge in [0.1, 0.15) is 17.6 Å². The van der Waals surface area contributed by atoms with Gasteiger partial charge in [0.15, 0.2) is 0 Å². The molecule has 1 saturated heterocycles. The highest BCUT2D eigenvalue weighted by Gasteiger charge is 2.47. The van der Waals surface area contributed by atoms with Crippen molar-refractivity contribution in [2.75, 3.05) is 32.3 Å². The van der Waals surface area contributed by atoms with Crippen LogP contribution in [0, 0.1) is 5.92 Å². The Morgan fingerprint density at radius 1 is 1.17 bits per heavy atom. The van der Waals surface area contributed by atoms with Gasteiger partial charge in [-0.05, 0) is 48.7 Å². The van der Waals surface area contributed by atoms with Crippen molar-refractivity contribution >= 4 is 24.9 Å². The molecule has 1 amide bonds. The number of methoxy groups -OCH3 is 2. The molecule has 10 heteroatoms. The van der Waals surface area contributed by atoms with Crippen LogP contribution >= 0.6 is 0 Å². The first-order valence-corrected chi connectivity index (χ1v) is 17.6. The minimum Gasteiger partial charge on any atom is -0.497 e. The van der Waals surface area contributed by atoms with Gasteiger partial charge in [-0.15, -0.1) is 5.10 Å². The quantitative estimate of drug-likeness (QED) is 0.342. The van der Waals surface area contributed by atoms with Crippen LogP contribution in [0.1, 0.15) is 43.5 Å². The number of aryl methyl sites for hydroxylation is 1. The van der Waals surface area contributed by atoms with Crippen molar-refractivity contribution in [1.29, 1.82) is 0 Å². The summed E-state index contributed by atoms with van der Waals surface area (Å²) in [6.07, 6.45) is 4.51. The number of aromatic nitrogens is 3. The summed E-state index contributed by atoms with van der Waals surface area (Å²) in [5, 5.41) is 19.2. The minimum absolute atomic E-state index is 0.0532. The van der Waals surface area contributed by atoms with Crippen LogP contribution in [0.4, 0.5) is 5.69 Å². The summed E-state index contributed by atoms with van der Waals surface area (Å²) in [6.45, 7) is 8.54. The minimum atomic E-state index is -2.13. The van der Waals surface area contributed by atoms with Crippen molar-refractivity contribution in [2.24, 2.45) is 5.92 Å². The topological polar surface area (TPSA) is 98.9 Å². The Hall–Kier alpha value is -3.21. The number of carbonyl (C=O) groups is 1. The number of fused-ring (bicyclic) bond motifs is 1. The van der Waals surface area contributed by atoms with E-state index >= 15 is 0 Å². The first-order valence-electron chi connectivity index (χ1n) is 14.5. The van der Waals surface area contributed by atoms with Gasteiger partial charge in [-0.25, -0.2) is 0 Å². The number of amides is 1. The van der Waals surface area contributed by atoms with Crippen LogP contribution in [0.15, 0.2) is 48.7 Å². The third-order valence-corrected chi connectivity index (χ3v) is 13.3. The van der Waals surface area contributed by atoms with Gasteiger partial charge in [0.05, 0.1) is 27.0 Å². The molecule has 2 aromatic carbocycles. The number of hydrogen-bond donors (Lipinski definition) is 1. The van der Waals surface area contributed by atoms with Crippen molar-refractivity contribution in [3.63, 3.8) is 0 Å². The van der Waals surface area contributed by atoms with Gasteiger partial charge in [0.2, 0.25) is 5.91 Å². The molecule has 1 fully saturated rings. The third kappa shape index (κ3) is 5.91. The Morgan fingerprint density at radius 2 is 1.95 bits per heavy atom. The molecule has 2 aliphatic rings. The highest BCUT2D eigenvalue weighted by molar-refractivity contribution is 6.91. The number of hydrogen-bond acceptors (Lipinski definition) is 7. The maximum atomic E-state index is 12.4. The van der Waals surface area contributed by atoms with Crippen molar-refractivity contribution in [1.82, 2.24) is 15.0 Å². The van der Waals surface area contributed by atoms with Gasteiger partial charge in [0, 0.05) is 63.0 Å². The highest BCUT2D eigenvalue weighted by atomic mass is 28.3. The smallest absolute Gasteiger partial charge is 0.227 e. The normalized spacial score (nSPS) is 21.5. The SMILES string of the molecule is COc1ccc([Si](C)(C)C(CCn2cc(CCO)nn2)[C@H]2Oc3ccc(N4CCCC4=O)cc3[C@@H](OC)[C@@H]2C)cc1. The van der Waals surface area contributed by atoms with Crippen LogP contribution in [0.5, 0.6) is 11.5 Å². The van der Waals surface area contributed by atoms with Gasteiger partial charge >= 0.3 is 0 Å². The van der Waals surface area contributed by atoms with Gasteiger partial charge in [0.25, 0.3) is 0 Å². The monoisotopic (exact) mass is 578 g/mol. The van der Waals surface area contributed by atoms with E-state index in [2.05, 4.69) is 48.5 Å². The number of anilines is 1. The average Bonchev–Trinajstić information content (AvgIpc) is 3.62. The zero-order valence-corrected chi connectivity index (χ0v) is 25.7. The molecule has 0 saturated carbocycles. The van der Waals surface area contributed by atoms with Crippen LogP contribution in [-0.2, 0) is 22.5 Å². The number of aliphatic hydroxyl groups excluding tert-OH is 1. The summed E-state index contributed by atoms with van der Waals surface area (Å²) < 4.78 is 20.4. The predicted molar refractivity (Wildman–Crippen MR) is 161 cm³/mol. The molecule has 1 unspecified atom stereocenters. The predicted octanol–water partition coefficient (Wildman–Crippen LogP) is 4.11. The zero-order chi connectivity index (χ0) is 29.1. The van der Waals surface area contributed by atoms with E-state index in [-0.39, 0.29) is 36.2 Å². The molecule has 0 radical (unpaired) electrons. The average molecular weight is 579 g/mol. The van der Waals surface area contributed by atoms with Crippen molar-refractivity contribution in [3.8, 4) is 11.5 Å². The summed E-state index contributed by atoms with van der Waals surface area (Å²) in [5.74, 6) is 1.92. The molecule has 9 nitrogen and oxygen atoms in total. The van der Waals surface area contributed by atoms with Gasteiger partial charge < -0.3 is 24.2 Å². The Kier molecular flexibility index (Phi) is 8.81. The Bertz CT molecular complexity index is 1340. The fourth-order valence-electron chi connectivity index (χ4n) is 6.57. The van der Waals surface area contributed by atoms with E-state index in [0.717, 1.165) is 47.8 Å². The first kappa shape index (κ1) is 29.3. The molecule has 2 aliphatic heterocycles. The number of benzene rings is 2. The number of ether oxygens (including phenoxy) is 3. The van der Waals surface area contributed by atoms with E-state index in [1.54, 1.807) is 14.2 Å². The first-order chi connectivity index (χ1) is 19.8. The molecule has 1 aromatic heterocycles. The molecule has 5 rings (SSSR count). The summed E-state index contributed by atoms with van der Waals surface area (Å²) in [6, 6.07) is 14.6. The summed E-state index contributed by atoms with van der Waals surface area (Å²) in [5.41, 5.74) is 2.93. The summed E-state index contributed by atoms with van der Waals surface area (Å²) >= 11 is 0. The van der Waals surface area contributed by atoms with Crippen LogP contribution in [-0.4, -0.2) is 67.6 Å². The number of carbonyl (C=O) groups excluding carboxylic acids is 1. The van der Waals surface area contributed by atoms with Gasteiger partial charge in [-0.1, -0.05) is 42.6 Å². The number of aliphatic hydroxyl groups is 1. The number of rotatable bonds is 11. The Balaban J connectivity index is 1.48. The molecule has 4 atom stereocenters. The molecule has 1 N–H and O–H groups in total. The lowest BCUT2D eigenvalue weighted by Gasteiger charge is -2.46. The van der Waals surface area contributed by atoms with E-state index in [1.807, 2.05) is 40.0 Å². The Morgan fingerprint density at radius 3 is 2.61 bits per heavy atom. The van der Waals surface area contributed by atoms with Crippen LogP contribution < -0.4 is 19.6 Å². The molecule has 3 aromatic rings. The standard InChI is InChI=1S/C31H42N4O5Si/c1-21-30(39-3)26-19-23(35-16-6-7-29(35)37)8-13-27(26)40-31(21)28(14-17-34-20-22(15-18-36)32-33-34)41(4,5)25-11-9-24(38-2)10-12-25/h8-13,19-21,28,30-31,36H,6-7,14-18H2,1-5H3/t21-,28?,30-,31-/m0/s1. The van der Waals surface area contributed by atoms with E-state index in [0.29, 0.717) is 19.4 Å². The molecule has 0 bridgehead atoms. The summed E-state index contributed by atoms with van der Waals surface area (Å²) in [4.78, 5) is 14.3. The van der Waals surface area contributed by atoms with Crippen LogP contribution in [0.3, 0.4) is 0 Å². The fourth-order valence-corrected chi connectivity index (χ4v) is 10.1. The van der Waals surface area contributed by atoms with Gasteiger partial charge in [-0.3, -0.25) is 9.48 Å². The second-order valence-corrected chi connectivity index (χ2v) is 16.5. The number of nitrogens with zero attached hydrogens (tertiary/aromatic N) is 4. The highest BCUT2D eigenvalue weighted by Crippen LogP contribution is 2.48. The second kappa shape index (κ2) is 12.3. The Labute approximate surface area is 243 Å². The molecule has 3 heterocycles. The molecule has 0 aliphatic carbocycles. The van der Waals surface area contributed by atoms with Crippen molar-refractivity contribution in [2.45, 2.75) is 70.0 Å². The lowest BCUT2D eigenvalue weighted by Crippen LogP contribution is -2.54. The van der Waals surface area contributed by atoms with Crippen molar-refractivity contribution in [3.05, 3.63) is 59.9 Å². The molecular weight excluding hydrogens is 536 g/mol. The molecule has 0 spiro atoms. The molecular formula is C31H42N4O5Si. The lowest BCUT2D eigenvalue weighted by atomic mass is 9.86. The fraction of sp³-hybridized carbons (Fsp3) is 0.516. The van der Waals surface area contributed by atoms with E-state index < -0.39 is 8.07 Å². The van der Waals surface area contributed by atoms with E-state index in [1.165, 1.54) is 5.19 Å². The zero-order valence-electron chi connectivity index (χ0n) is 24.7. The maximum absolute atomic E-state index is 12.4. The van der Waals surface area contributed by atoms with Crippen LogP contribution in [0.2, 0.25) is 18.6 Å². The van der Waals surface area contributed by atoms with E-state index in [9.17, 15) is 9.90 Å². The van der Waals surface area contributed by atoms with Crippen molar-refractivity contribution < 1.29 is 24.1 Å². The third-order valence-electron chi connectivity index (χ3n) is 8.98.